The largest absolute Gasteiger partial charge is 0.335 e. The lowest BCUT2D eigenvalue weighted by atomic mass is 10.2. The monoisotopic (exact) mass is 322 g/mol. The summed E-state index contributed by atoms with van der Waals surface area (Å²) in [6.45, 7) is 1.28. The molecule has 1 atom stereocenters. The average molecular weight is 323 g/mol. The van der Waals surface area contributed by atoms with Crippen LogP contribution in [-0.4, -0.2) is 30.8 Å². The number of benzene rings is 1. The summed E-state index contributed by atoms with van der Waals surface area (Å²) in [5.74, 6) is 0. The van der Waals surface area contributed by atoms with Crippen molar-refractivity contribution in [1.29, 1.82) is 0 Å². The topological polar surface area (TPSA) is 44.8 Å². The van der Waals surface area contributed by atoms with Crippen LogP contribution in [0.1, 0.15) is 5.56 Å². The molecule has 0 aromatic heterocycles. The average Bonchev–Trinajstić information content (AvgIpc) is 2.79. The van der Waals surface area contributed by atoms with Crippen molar-refractivity contribution in [3.8, 4) is 0 Å². The second-order valence-electron chi connectivity index (χ2n) is 3.17. The Kier molecular flexibility index (Phi) is 6.29. The SMILES string of the molecule is BrC1(c2ccccc2)OCCO1.COS(C)=O. The molecule has 0 saturated carbocycles. The van der Waals surface area contributed by atoms with E-state index >= 15 is 0 Å². The lowest BCUT2D eigenvalue weighted by molar-refractivity contribution is -0.0743. The van der Waals surface area contributed by atoms with Crippen LogP contribution < -0.4 is 0 Å². The zero-order chi connectivity index (χ0) is 12.7. The molecule has 96 valence electrons. The van der Waals surface area contributed by atoms with Gasteiger partial charge in [0.05, 0.1) is 20.3 Å². The normalized spacial score (nSPS) is 19.2. The number of hydrogen-bond acceptors (Lipinski definition) is 4. The van der Waals surface area contributed by atoms with Crippen molar-refractivity contribution in [3.63, 3.8) is 0 Å². The number of ether oxygens (including phenoxy) is 2. The van der Waals surface area contributed by atoms with E-state index in [1.165, 1.54) is 13.4 Å². The molecule has 0 bridgehead atoms. The van der Waals surface area contributed by atoms with Crippen LogP contribution in [0.2, 0.25) is 0 Å². The Morgan fingerprint density at radius 1 is 1.29 bits per heavy atom. The summed E-state index contributed by atoms with van der Waals surface area (Å²) in [5, 5.41) is 0. The summed E-state index contributed by atoms with van der Waals surface area (Å²) in [6.07, 6.45) is 1.47. The summed E-state index contributed by atoms with van der Waals surface area (Å²) in [4.78, 5) is 0. The highest BCUT2D eigenvalue weighted by molar-refractivity contribution is 9.09. The van der Waals surface area contributed by atoms with Gasteiger partial charge in [0, 0.05) is 11.8 Å². The molecule has 1 aromatic rings. The summed E-state index contributed by atoms with van der Waals surface area (Å²) < 4.78 is 24.1. The standard InChI is InChI=1S/C9H9BrO2.C2H6O2S/c10-9(11-6-7-12-9)8-4-2-1-3-5-8;1-4-5(2)3/h1-5H,6-7H2;1-2H3. The van der Waals surface area contributed by atoms with Gasteiger partial charge in [-0.3, -0.25) is 4.18 Å². The lowest BCUT2D eigenvalue weighted by Crippen LogP contribution is -2.17. The number of alkyl halides is 1. The van der Waals surface area contributed by atoms with Crippen molar-refractivity contribution >= 4 is 27.0 Å². The first-order valence-electron chi connectivity index (χ1n) is 4.99. The van der Waals surface area contributed by atoms with Gasteiger partial charge in [-0.25, -0.2) is 4.21 Å². The fourth-order valence-corrected chi connectivity index (χ4v) is 1.78. The van der Waals surface area contributed by atoms with Crippen molar-refractivity contribution < 1.29 is 17.9 Å². The number of rotatable bonds is 2. The van der Waals surface area contributed by atoms with Crippen molar-refractivity contribution in [2.75, 3.05) is 26.6 Å². The van der Waals surface area contributed by atoms with Crippen LogP contribution in [0.5, 0.6) is 0 Å². The van der Waals surface area contributed by atoms with Crippen molar-refractivity contribution in [3.05, 3.63) is 35.9 Å². The van der Waals surface area contributed by atoms with Crippen LogP contribution in [0.4, 0.5) is 0 Å². The maximum absolute atomic E-state index is 9.70. The molecule has 17 heavy (non-hydrogen) atoms. The molecular formula is C11H15BrO4S. The molecule has 0 radical (unpaired) electrons. The minimum atomic E-state index is -1.07. The van der Waals surface area contributed by atoms with Crippen LogP contribution in [0.3, 0.4) is 0 Å². The maximum atomic E-state index is 9.70. The van der Waals surface area contributed by atoms with Crippen LogP contribution in [0.25, 0.3) is 0 Å². The molecule has 1 unspecified atom stereocenters. The molecule has 1 saturated heterocycles. The number of halogens is 1. The third kappa shape index (κ3) is 4.85. The molecule has 1 fully saturated rings. The minimum absolute atomic E-state index is 0.639. The lowest BCUT2D eigenvalue weighted by Gasteiger charge is -2.19. The van der Waals surface area contributed by atoms with E-state index < -0.39 is 15.8 Å². The highest BCUT2D eigenvalue weighted by Crippen LogP contribution is 2.37. The molecule has 6 heteroatoms. The highest BCUT2D eigenvalue weighted by atomic mass is 79.9. The molecule has 1 aliphatic rings. The summed E-state index contributed by atoms with van der Waals surface area (Å²) >= 11 is 2.34. The predicted molar refractivity (Wildman–Crippen MR) is 70.0 cm³/mol. The third-order valence-electron chi connectivity index (χ3n) is 2.01. The molecule has 0 spiro atoms. The minimum Gasteiger partial charge on any atom is -0.335 e. The van der Waals surface area contributed by atoms with E-state index in [9.17, 15) is 4.21 Å². The second-order valence-corrected chi connectivity index (χ2v) is 5.35. The smallest absolute Gasteiger partial charge is 0.254 e. The van der Waals surface area contributed by atoms with E-state index in [1.54, 1.807) is 0 Å². The molecule has 0 amide bonds. The van der Waals surface area contributed by atoms with Crippen LogP contribution in [-0.2, 0) is 29.4 Å². The van der Waals surface area contributed by atoms with Gasteiger partial charge in [0.1, 0.15) is 0 Å². The molecule has 1 heterocycles. The first kappa shape index (κ1) is 14.8. The Labute approximate surface area is 112 Å². The molecule has 1 aliphatic heterocycles. The van der Waals surface area contributed by atoms with E-state index in [0.717, 1.165) is 5.56 Å². The zero-order valence-electron chi connectivity index (χ0n) is 9.72. The second kappa shape index (κ2) is 7.23. The fourth-order valence-electron chi connectivity index (χ4n) is 1.19. The van der Waals surface area contributed by atoms with Gasteiger partial charge in [-0.05, 0) is 15.9 Å². The van der Waals surface area contributed by atoms with Gasteiger partial charge in [0.25, 0.3) is 4.70 Å². The molecule has 1 aromatic carbocycles. The molecular weight excluding hydrogens is 308 g/mol. The summed E-state index contributed by atoms with van der Waals surface area (Å²) in [6, 6.07) is 9.84. The molecule has 4 nitrogen and oxygen atoms in total. The van der Waals surface area contributed by atoms with Crippen molar-refractivity contribution in [2.45, 2.75) is 4.70 Å². The van der Waals surface area contributed by atoms with Gasteiger partial charge in [-0.15, -0.1) is 0 Å². The highest BCUT2D eigenvalue weighted by Gasteiger charge is 2.35. The summed E-state index contributed by atoms with van der Waals surface area (Å²) in [5.41, 5.74) is 1.00. The summed E-state index contributed by atoms with van der Waals surface area (Å²) in [7, 11) is 1.40. The molecule has 0 aliphatic carbocycles. The van der Waals surface area contributed by atoms with Crippen LogP contribution in [0, 0.1) is 0 Å². The fraction of sp³-hybridized carbons (Fsp3) is 0.455. The predicted octanol–water partition coefficient (Wildman–Crippen LogP) is 2.16. The van der Waals surface area contributed by atoms with E-state index in [-0.39, 0.29) is 0 Å². The molecule has 0 N–H and O–H groups in total. The van der Waals surface area contributed by atoms with Gasteiger partial charge >= 0.3 is 0 Å². The Hall–Kier alpha value is -0.270. The van der Waals surface area contributed by atoms with Crippen LogP contribution in [0.15, 0.2) is 30.3 Å². The van der Waals surface area contributed by atoms with Gasteiger partial charge in [0.15, 0.2) is 11.1 Å². The maximum Gasteiger partial charge on any atom is 0.254 e. The van der Waals surface area contributed by atoms with E-state index in [0.29, 0.717) is 13.2 Å². The Bertz CT molecular complexity index is 352. The van der Waals surface area contributed by atoms with E-state index in [2.05, 4.69) is 20.1 Å². The van der Waals surface area contributed by atoms with E-state index in [1.807, 2.05) is 30.3 Å². The van der Waals surface area contributed by atoms with E-state index in [4.69, 9.17) is 9.47 Å². The zero-order valence-corrected chi connectivity index (χ0v) is 12.1. The van der Waals surface area contributed by atoms with Gasteiger partial charge in [0.2, 0.25) is 0 Å². The Balaban J connectivity index is 0.000000249. The van der Waals surface area contributed by atoms with Gasteiger partial charge < -0.3 is 9.47 Å². The third-order valence-corrected chi connectivity index (χ3v) is 3.40. The van der Waals surface area contributed by atoms with Crippen molar-refractivity contribution in [1.82, 2.24) is 0 Å². The number of hydrogen-bond donors (Lipinski definition) is 0. The first-order valence-corrected chi connectivity index (χ1v) is 7.26. The quantitative estimate of drug-likeness (QED) is 0.783. The van der Waals surface area contributed by atoms with Crippen molar-refractivity contribution in [2.24, 2.45) is 0 Å². The molecule has 2 rings (SSSR count). The Morgan fingerprint density at radius 2 is 1.76 bits per heavy atom. The van der Waals surface area contributed by atoms with Crippen LogP contribution >= 0.6 is 15.9 Å². The Morgan fingerprint density at radius 3 is 2.18 bits per heavy atom. The van der Waals surface area contributed by atoms with Gasteiger partial charge in [-0.1, -0.05) is 30.3 Å². The first-order chi connectivity index (χ1) is 8.08. The van der Waals surface area contributed by atoms with Gasteiger partial charge in [-0.2, -0.15) is 0 Å².